The summed E-state index contributed by atoms with van der Waals surface area (Å²) in [6.07, 6.45) is 2.61. The van der Waals surface area contributed by atoms with Crippen molar-refractivity contribution in [1.29, 1.82) is 0 Å². The van der Waals surface area contributed by atoms with Crippen molar-refractivity contribution in [1.82, 2.24) is 4.72 Å². The second-order valence-corrected chi connectivity index (χ2v) is 9.42. The summed E-state index contributed by atoms with van der Waals surface area (Å²) in [5, 5.41) is 2.79. The molecule has 0 heterocycles. The number of aryl methyl sites for hydroxylation is 1. The molecule has 1 fully saturated rings. The first-order valence-electron chi connectivity index (χ1n) is 9.87. The molecule has 0 saturated heterocycles. The first-order valence-corrected chi connectivity index (χ1v) is 11.4. The van der Waals surface area contributed by atoms with Crippen molar-refractivity contribution < 1.29 is 17.9 Å². The van der Waals surface area contributed by atoms with Crippen LogP contribution in [0.4, 0.5) is 5.69 Å². The van der Waals surface area contributed by atoms with E-state index >= 15 is 0 Å². The van der Waals surface area contributed by atoms with Crippen LogP contribution < -0.4 is 14.8 Å². The van der Waals surface area contributed by atoms with Crippen molar-refractivity contribution in [3.63, 3.8) is 0 Å². The van der Waals surface area contributed by atoms with Gasteiger partial charge in [-0.2, -0.15) is 0 Å². The molecule has 1 saturated carbocycles. The number of sulfonamides is 1. The van der Waals surface area contributed by atoms with E-state index in [4.69, 9.17) is 4.74 Å². The molecule has 1 aliphatic carbocycles. The van der Waals surface area contributed by atoms with Crippen LogP contribution >= 0.6 is 0 Å². The summed E-state index contributed by atoms with van der Waals surface area (Å²) in [4.78, 5) is 12.6. The van der Waals surface area contributed by atoms with Gasteiger partial charge in [0.2, 0.25) is 15.9 Å². The zero-order valence-electron chi connectivity index (χ0n) is 17.1. The summed E-state index contributed by atoms with van der Waals surface area (Å²) in [5.41, 5.74) is 2.70. The third-order valence-corrected chi connectivity index (χ3v) is 6.46. The Bertz CT molecular complexity index is 965. The van der Waals surface area contributed by atoms with E-state index < -0.39 is 10.0 Å². The van der Waals surface area contributed by atoms with Crippen LogP contribution in [-0.2, 0) is 21.2 Å². The Morgan fingerprint density at radius 2 is 1.83 bits per heavy atom. The van der Waals surface area contributed by atoms with Gasteiger partial charge in [0.15, 0.2) is 0 Å². The lowest BCUT2D eigenvalue weighted by atomic mass is 10.0. The molecule has 0 bridgehead atoms. The largest absolute Gasteiger partial charge is 0.495 e. The smallest absolute Gasteiger partial charge is 0.240 e. The van der Waals surface area contributed by atoms with Gasteiger partial charge in [-0.05, 0) is 54.5 Å². The van der Waals surface area contributed by atoms with Crippen molar-refractivity contribution in [2.24, 2.45) is 0 Å². The third-order valence-electron chi connectivity index (χ3n) is 4.94. The third kappa shape index (κ3) is 5.81. The average molecular weight is 417 g/mol. The molecule has 2 N–H and O–H groups in total. The van der Waals surface area contributed by atoms with E-state index in [1.54, 1.807) is 6.07 Å². The van der Waals surface area contributed by atoms with Crippen LogP contribution in [0.3, 0.4) is 0 Å². The molecule has 1 amide bonds. The Labute approximate surface area is 172 Å². The number of carbonyl (C=O) groups excluding carboxylic acids is 1. The second-order valence-electron chi connectivity index (χ2n) is 7.70. The molecule has 1 aliphatic rings. The van der Waals surface area contributed by atoms with Crippen molar-refractivity contribution in [3.05, 3.63) is 53.6 Å². The van der Waals surface area contributed by atoms with E-state index in [-0.39, 0.29) is 16.8 Å². The van der Waals surface area contributed by atoms with Crippen LogP contribution in [0.15, 0.2) is 47.4 Å². The van der Waals surface area contributed by atoms with Crippen LogP contribution in [0, 0.1) is 0 Å². The van der Waals surface area contributed by atoms with Gasteiger partial charge in [-0.15, -0.1) is 0 Å². The van der Waals surface area contributed by atoms with E-state index in [9.17, 15) is 13.2 Å². The zero-order valence-corrected chi connectivity index (χ0v) is 17.9. The molecule has 29 heavy (non-hydrogen) atoms. The predicted octanol–water partition coefficient (Wildman–Crippen LogP) is 3.83. The number of carbonyl (C=O) groups is 1. The van der Waals surface area contributed by atoms with Crippen LogP contribution in [0.25, 0.3) is 0 Å². The lowest BCUT2D eigenvalue weighted by Crippen LogP contribution is -2.26. The molecule has 2 aromatic carbocycles. The van der Waals surface area contributed by atoms with Gasteiger partial charge >= 0.3 is 0 Å². The molecule has 6 nitrogen and oxygen atoms in total. The Balaban J connectivity index is 1.66. The number of ether oxygens (including phenoxy) is 1. The van der Waals surface area contributed by atoms with Crippen LogP contribution in [0.5, 0.6) is 5.75 Å². The molecule has 2 aromatic rings. The van der Waals surface area contributed by atoms with Crippen molar-refractivity contribution in [2.45, 2.75) is 56.4 Å². The molecular weight excluding hydrogens is 388 g/mol. The summed E-state index contributed by atoms with van der Waals surface area (Å²) in [6.45, 7) is 4.29. The number of nitrogens with one attached hydrogen (secondary N) is 2. The Morgan fingerprint density at radius 3 is 2.41 bits per heavy atom. The SMILES string of the molecule is COc1ccc(S(=O)(=O)NC2CC2)cc1NC(=O)CCc1ccc(C(C)C)cc1. The zero-order chi connectivity index (χ0) is 21.0. The highest BCUT2D eigenvalue weighted by atomic mass is 32.2. The summed E-state index contributed by atoms with van der Waals surface area (Å²) in [6, 6.07) is 12.8. The second kappa shape index (κ2) is 8.97. The van der Waals surface area contributed by atoms with Crippen molar-refractivity contribution >= 4 is 21.6 Å². The van der Waals surface area contributed by atoms with Gasteiger partial charge in [0.05, 0.1) is 17.7 Å². The Morgan fingerprint density at radius 1 is 1.14 bits per heavy atom. The van der Waals surface area contributed by atoms with Gasteiger partial charge in [-0.25, -0.2) is 13.1 Å². The van der Waals surface area contributed by atoms with Gasteiger partial charge in [-0.1, -0.05) is 38.1 Å². The van der Waals surface area contributed by atoms with Gasteiger partial charge in [-0.3, -0.25) is 4.79 Å². The minimum absolute atomic E-state index is 0.0160. The monoisotopic (exact) mass is 416 g/mol. The highest BCUT2D eigenvalue weighted by molar-refractivity contribution is 7.89. The number of amides is 1. The number of anilines is 1. The number of methoxy groups -OCH3 is 1. The lowest BCUT2D eigenvalue weighted by molar-refractivity contribution is -0.116. The molecule has 156 valence electrons. The van der Waals surface area contributed by atoms with Gasteiger partial charge in [0, 0.05) is 12.5 Å². The molecule has 0 atom stereocenters. The highest BCUT2D eigenvalue weighted by Crippen LogP contribution is 2.29. The van der Waals surface area contributed by atoms with E-state index in [1.165, 1.54) is 24.8 Å². The fourth-order valence-electron chi connectivity index (χ4n) is 2.98. The molecular formula is C22H28N2O4S. The topological polar surface area (TPSA) is 84.5 Å². The number of benzene rings is 2. The fourth-order valence-corrected chi connectivity index (χ4v) is 4.31. The fraction of sp³-hybridized carbons (Fsp3) is 0.409. The molecule has 7 heteroatoms. The predicted molar refractivity (Wildman–Crippen MR) is 114 cm³/mol. The minimum atomic E-state index is -3.60. The quantitative estimate of drug-likeness (QED) is 0.651. The standard InChI is InChI=1S/C22H28N2O4S/c1-15(2)17-7-4-16(5-8-17)6-13-22(25)23-20-14-19(11-12-21(20)28-3)29(26,27)24-18-9-10-18/h4-5,7-8,11-12,14-15,18,24H,6,9-10,13H2,1-3H3,(H,23,25). The number of hydrogen-bond donors (Lipinski definition) is 2. The average Bonchev–Trinajstić information content (AvgIpc) is 3.50. The summed E-state index contributed by atoms with van der Waals surface area (Å²) < 4.78 is 32.8. The molecule has 0 aliphatic heterocycles. The summed E-state index contributed by atoms with van der Waals surface area (Å²) in [7, 11) is -2.12. The molecule has 0 radical (unpaired) electrons. The van der Waals surface area contributed by atoms with E-state index in [0.29, 0.717) is 30.2 Å². The maximum Gasteiger partial charge on any atom is 0.240 e. The van der Waals surface area contributed by atoms with Crippen molar-refractivity contribution in [3.8, 4) is 5.75 Å². The van der Waals surface area contributed by atoms with E-state index in [0.717, 1.165) is 18.4 Å². The van der Waals surface area contributed by atoms with Crippen LogP contribution in [0.1, 0.15) is 50.2 Å². The van der Waals surface area contributed by atoms with E-state index in [2.05, 4.69) is 36.0 Å². The maximum absolute atomic E-state index is 12.4. The van der Waals surface area contributed by atoms with Crippen LogP contribution in [0.2, 0.25) is 0 Å². The van der Waals surface area contributed by atoms with Crippen molar-refractivity contribution in [2.75, 3.05) is 12.4 Å². The Kier molecular flexibility index (Phi) is 6.59. The number of rotatable bonds is 9. The maximum atomic E-state index is 12.4. The van der Waals surface area contributed by atoms with Gasteiger partial charge < -0.3 is 10.1 Å². The van der Waals surface area contributed by atoms with Gasteiger partial charge in [0.25, 0.3) is 0 Å². The molecule has 3 rings (SSSR count). The molecule has 0 aromatic heterocycles. The van der Waals surface area contributed by atoms with Crippen LogP contribution in [-0.4, -0.2) is 27.5 Å². The first-order chi connectivity index (χ1) is 13.8. The van der Waals surface area contributed by atoms with E-state index in [1.807, 2.05) is 12.1 Å². The Hall–Kier alpha value is -2.38. The van der Waals surface area contributed by atoms with Gasteiger partial charge in [0.1, 0.15) is 5.75 Å². The minimum Gasteiger partial charge on any atom is -0.495 e. The number of hydrogen-bond acceptors (Lipinski definition) is 4. The summed E-state index contributed by atoms with van der Waals surface area (Å²) in [5.74, 6) is 0.698. The molecule has 0 spiro atoms. The lowest BCUT2D eigenvalue weighted by Gasteiger charge is -2.13. The highest BCUT2D eigenvalue weighted by Gasteiger charge is 2.28. The summed E-state index contributed by atoms with van der Waals surface area (Å²) >= 11 is 0. The first kappa shape index (κ1) is 21.3. The molecule has 0 unspecified atom stereocenters. The normalized spacial score (nSPS) is 14.1.